The van der Waals surface area contributed by atoms with Gasteiger partial charge in [0, 0.05) is 18.4 Å². The van der Waals surface area contributed by atoms with Gasteiger partial charge in [-0.05, 0) is 24.3 Å². The predicted molar refractivity (Wildman–Crippen MR) is 173 cm³/mol. The van der Waals surface area contributed by atoms with Crippen LogP contribution in [0.25, 0.3) is 0 Å². The number of carbonyl (C=O) groups is 3. The fraction of sp³-hybridized carbons (Fsp3) is 0.545. The van der Waals surface area contributed by atoms with Crippen LogP contribution in [0.3, 0.4) is 0 Å². The van der Waals surface area contributed by atoms with Crippen molar-refractivity contribution >= 4 is 17.7 Å². The molecule has 0 radical (unpaired) electrons. The van der Waals surface area contributed by atoms with Crippen molar-refractivity contribution in [3.63, 3.8) is 0 Å². The van der Waals surface area contributed by atoms with Gasteiger partial charge in [-0.2, -0.15) is 0 Å². The summed E-state index contributed by atoms with van der Waals surface area (Å²) >= 11 is 0. The third-order valence-corrected chi connectivity index (χ3v) is 9.77. The molecule has 5 rings (SSSR count). The molecule has 0 aromatic heterocycles. The number of aromatic hydroxyl groups is 6. The van der Waals surface area contributed by atoms with Gasteiger partial charge in [0.05, 0.1) is 24.7 Å². The summed E-state index contributed by atoms with van der Waals surface area (Å²) in [5, 5.41) is 154. The zero-order chi connectivity index (χ0) is 41.5. The molecule has 23 nitrogen and oxygen atoms in total. The molecule has 2 aromatic rings. The van der Waals surface area contributed by atoms with Crippen molar-refractivity contribution in [2.45, 2.75) is 92.1 Å². The first-order chi connectivity index (χ1) is 26.2. The topological polar surface area (TPSA) is 401 Å². The Labute approximate surface area is 313 Å². The minimum absolute atomic E-state index is 0.631. The molecule has 2 heterocycles. The second-order valence-corrected chi connectivity index (χ2v) is 13.5. The van der Waals surface area contributed by atoms with Gasteiger partial charge in [-0.15, -0.1) is 0 Å². The van der Waals surface area contributed by atoms with Crippen molar-refractivity contribution in [2.75, 3.05) is 13.2 Å². The van der Waals surface area contributed by atoms with Gasteiger partial charge in [-0.1, -0.05) is 0 Å². The third-order valence-electron chi connectivity index (χ3n) is 9.77. The number of hydrogen-bond acceptors (Lipinski definition) is 22. The molecule has 14 atom stereocenters. The Hall–Kier alpha value is -4.63. The fourth-order valence-corrected chi connectivity index (χ4v) is 6.66. The van der Waals surface area contributed by atoms with Crippen LogP contribution in [0.5, 0.6) is 34.5 Å². The number of carbonyl (C=O) groups excluding carboxylic acids is 2. The number of aliphatic hydroxyl groups excluding tert-OH is 7. The molecule has 2 aliphatic heterocycles. The molecule has 1 aliphatic carbocycles. The maximum Gasteiger partial charge on any atom is 0.338 e. The number of esters is 1. The highest BCUT2D eigenvalue weighted by Gasteiger charge is 2.57. The van der Waals surface area contributed by atoms with Crippen molar-refractivity contribution in [3.8, 4) is 34.5 Å². The monoisotopic (exact) mass is 804 g/mol. The van der Waals surface area contributed by atoms with Crippen LogP contribution in [0.4, 0.5) is 0 Å². The van der Waals surface area contributed by atoms with Crippen molar-refractivity contribution in [2.24, 2.45) is 5.92 Å². The summed E-state index contributed by atoms with van der Waals surface area (Å²) in [4.78, 5) is 40.1. The molecule has 0 amide bonds. The first-order valence-corrected chi connectivity index (χ1v) is 16.7. The average molecular weight is 805 g/mol. The van der Waals surface area contributed by atoms with Gasteiger partial charge in [-0.25, -0.2) is 9.59 Å². The summed E-state index contributed by atoms with van der Waals surface area (Å²) in [6.45, 7) is -1.94. The lowest BCUT2D eigenvalue weighted by molar-refractivity contribution is -0.376. The van der Waals surface area contributed by atoms with Crippen molar-refractivity contribution in [1.82, 2.24) is 0 Å². The standard InChI is InChI=1S/C33H40O23/c34-7-17-22(43)24(45)26(47)30(53-17)56-28-25(46)23(44)18(8-35)54-31(28)52-16-6-33(51,32(49)50)5-11(19(40)9-1-12(36)20(41)13(37)2-9)27(16)55-29(48)10-3-14(38)21(42)15(39)4-10/h1-4,11,16-18,22-28,30-31,34-39,41-47,51H,5-8H2,(H,49,50). The fourth-order valence-electron chi connectivity index (χ4n) is 6.66. The van der Waals surface area contributed by atoms with E-state index in [0.29, 0.717) is 24.3 Å². The Bertz CT molecular complexity index is 1740. The van der Waals surface area contributed by atoms with Crippen LogP contribution in [-0.2, 0) is 28.5 Å². The molecule has 2 saturated heterocycles. The summed E-state index contributed by atoms with van der Waals surface area (Å²) in [5.74, 6) is -12.9. The Balaban J connectivity index is 1.59. The molecule has 310 valence electrons. The number of aliphatic hydroxyl groups is 8. The zero-order valence-electron chi connectivity index (χ0n) is 28.6. The number of carboxylic acid groups (broad SMARTS) is 1. The number of aliphatic carboxylic acids is 1. The van der Waals surface area contributed by atoms with Gasteiger partial charge in [0.2, 0.25) is 0 Å². The second kappa shape index (κ2) is 16.5. The quantitative estimate of drug-likeness (QED) is 0.0579. The summed E-state index contributed by atoms with van der Waals surface area (Å²) in [6, 6.07) is 2.56. The van der Waals surface area contributed by atoms with Gasteiger partial charge in [0.15, 0.2) is 58.5 Å². The van der Waals surface area contributed by atoms with Crippen LogP contribution < -0.4 is 0 Å². The van der Waals surface area contributed by atoms with E-state index in [1.165, 1.54) is 0 Å². The van der Waals surface area contributed by atoms with E-state index in [1.807, 2.05) is 0 Å². The lowest BCUT2D eigenvalue weighted by atomic mass is 9.71. The van der Waals surface area contributed by atoms with E-state index in [9.17, 15) is 91.0 Å². The van der Waals surface area contributed by atoms with E-state index in [4.69, 9.17) is 23.7 Å². The predicted octanol–water partition coefficient (Wildman–Crippen LogP) is -4.44. The average Bonchev–Trinajstić information content (AvgIpc) is 3.15. The number of phenols is 6. The van der Waals surface area contributed by atoms with Crippen LogP contribution in [0, 0.1) is 5.92 Å². The molecule has 0 bridgehead atoms. The summed E-state index contributed by atoms with van der Waals surface area (Å²) in [6.07, 6.45) is -26.0. The van der Waals surface area contributed by atoms with Gasteiger partial charge in [0.25, 0.3) is 0 Å². The molecule has 1 saturated carbocycles. The maximum atomic E-state index is 14.1. The van der Waals surface area contributed by atoms with Gasteiger partial charge in [0.1, 0.15) is 61.0 Å². The van der Waals surface area contributed by atoms with Crippen molar-refractivity contribution in [1.29, 1.82) is 0 Å². The number of Topliss-reactive ketones (excluding diaryl/α,β-unsaturated/α-hetero) is 1. The smallest absolute Gasteiger partial charge is 0.338 e. The molecular formula is C33H40O23. The molecule has 23 heteroatoms. The normalized spacial score (nSPS) is 36.1. The highest BCUT2D eigenvalue weighted by Crippen LogP contribution is 2.43. The molecule has 14 unspecified atom stereocenters. The molecule has 15 N–H and O–H groups in total. The number of ether oxygens (including phenoxy) is 5. The van der Waals surface area contributed by atoms with E-state index < -0.39 is 175 Å². The molecule has 56 heavy (non-hydrogen) atoms. The number of phenolic OH excluding ortho intramolecular Hbond substituents is 6. The number of carboxylic acids is 1. The van der Waals surface area contributed by atoms with E-state index in [2.05, 4.69) is 0 Å². The molecular weight excluding hydrogens is 764 g/mol. The Morgan fingerprint density at radius 2 is 1.12 bits per heavy atom. The summed E-state index contributed by atoms with van der Waals surface area (Å²) in [7, 11) is 0. The minimum Gasteiger partial charge on any atom is -0.504 e. The first kappa shape index (κ1) is 42.5. The highest BCUT2D eigenvalue weighted by atomic mass is 16.8. The van der Waals surface area contributed by atoms with Crippen LogP contribution in [0.2, 0.25) is 0 Å². The molecule has 2 aromatic carbocycles. The number of benzene rings is 2. The second-order valence-electron chi connectivity index (χ2n) is 13.5. The van der Waals surface area contributed by atoms with Crippen molar-refractivity contribution in [3.05, 3.63) is 35.4 Å². The van der Waals surface area contributed by atoms with E-state index in [0.717, 1.165) is 0 Å². The van der Waals surface area contributed by atoms with Gasteiger partial charge in [-0.3, -0.25) is 4.79 Å². The van der Waals surface area contributed by atoms with E-state index in [1.54, 1.807) is 0 Å². The van der Waals surface area contributed by atoms with Crippen molar-refractivity contribution < 1.29 is 115 Å². The van der Waals surface area contributed by atoms with Crippen LogP contribution >= 0.6 is 0 Å². The number of hydrogen-bond donors (Lipinski definition) is 15. The Kier molecular flexibility index (Phi) is 12.5. The summed E-state index contributed by atoms with van der Waals surface area (Å²) < 4.78 is 28.1. The van der Waals surface area contributed by atoms with Gasteiger partial charge < -0.3 is 100 Å². The SMILES string of the molecule is O=C(OC1C(OC2OC(CO)C(O)C(O)C2OC2OC(CO)C(O)C(O)C2O)CC(O)(C(=O)O)CC1C(=O)c1cc(O)c(O)c(O)c1)c1cc(O)c(O)c(O)c1. The first-order valence-electron chi connectivity index (χ1n) is 16.7. The van der Waals surface area contributed by atoms with Crippen LogP contribution in [0.1, 0.15) is 33.6 Å². The lowest BCUT2D eigenvalue weighted by Crippen LogP contribution is -2.66. The summed E-state index contributed by atoms with van der Waals surface area (Å²) in [5.41, 5.74) is -4.24. The Morgan fingerprint density at radius 1 is 0.643 bits per heavy atom. The van der Waals surface area contributed by atoms with Crippen LogP contribution in [-0.4, -0.2) is 187 Å². The van der Waals surface area contributed by atoms with Crippen LogP contribution in [0.15, 0.2) is 24.3 Å². The van der Waals surface area contributed by atoms with E-state index >= 15 is 0 Å². The lowest BCUT2D eigenvalue weighted by Gasteiger charge is -2.48. The molecule has 3 aliphatic rings. The molecule has 0 spiro atoms. The minimum atomic E-state index is -2.94. The van der Waals surface area contributed by atoms with E-state index in [-0.39, 0.29) is 0 Å². The van der Waals surface area contributed by atoms with Gasteiger partial charge >= 0.3 is 11.9 Å². The maximum absolute atomic E-state index is 14.1. The largest absolute Gasteiger partial charge is 0.504 e. The third kappa shape index (κ3) is 8.11. The zero-order valence-corrected chi connectivity index (χ0v) is 28.6. The number of rotatable bonds is 11. The molecule has 3 fully saturated rings. The Morgan fingerprint density at radius 3 is 1.62 bits per heavy atom. The highest BCUT2D eigenvalue weighted by molar-refractivity contribution is 6.00. The number of ketones is 1.